The van der Waals surface area contributed by atoms with E-state index in [0.29, 0.717) is 11.7 Å². The van der Waals surface area contributed by atoms with E-state index in [0.717, 1.165) is 25.1 Å². The van der Waals surface area contributed by atoms with Gasteiger partial charge in [0.05, 0.1) is 18.7 Å². The van der Waals surface area contributed by atoms with Crippen LogP contribution in [0.15, 0.2) is 41.6 Å². The van der Waals surface area contributed by atoms with E-state index in [2.05, 4.69) is 48.4 Å². The van der Waals surface area contributed by atoms with Gasteiger partial charge in [0.25, 0.3) is 0 Å². The van der Waals surface area contributed by atoms with Gasteiger partial charge in [0, 0.05) is 29.4 Å². The third kappa shape index (κ3) is 4.13. The van der Waals surface area contributed by atoms with Gasteiger partial charge in [0.1, 0.15) is 0 Å². The van der Waals surface area contributed by atoms with Crippen LogP contribution in [0, 0.1) is 0 Å². The van der Waals surface area contributed by atoms with Gasteiger partial charge in [0.2, 0.25) is 5.91 Å². The first-order chi connectivity index (χ1) is 11.1. The Morgan fingerprint density at radius 1 is 1.35 bits per heavy atom. The molecule has 1 amide bonds. The molecule has 1 atom stereocenters. The van der Waals surface area contributed by atoms with Crippen molar-refractivity contribution in [3.63, 3.8) is 0 Å². The van der Waals surface area contributed by atoms with Crippen LogP contribution in [0.25, 0.3) is 0 Å². The van der Waals surface area contributed by atoms with Crippen molar-refractivity contribution in [1.29, 1.82) is 0 Å². The molecule has 0 radical (unpaired) electrons. The van der Waals surface area contributed by atoms with E-state index in [1.807, 2.05) is 27.5 Å². The first-order valence-electron chi connectivity index (χ1n) is 8.01. The quantitative estimate of drug-likeness (QED) is 0.791. The molecule has 6 heteroatoms. The summed E-state index contributed by atoms with van der Waals surface area (Å²) in [6.07, 6.45) is 4.96. The molecule has 2 aromatic rings. The number of amides is 1. The van der Waals surface area contributed by atoms with Crippen LogP contribution in [0.1, 0.15) is 31.9 Å². The lowest BCUT2D eigenvalue weighted by Crippen LogP contribution is -2.30. The summed E-state index contributed by atoms with van der Waals surface area (Å²) < 4.78 is 1.85. The van der Waals surface area contributed by atoms with Gasteiger partial charge in [-0.05, 0) is 24.1 Å². The average molecular weight is 330 g/mol. The van der Waals surface area contributed by atoms with E-state index >= 15 is 0 Å². The molecule has 1 aliphatic rings. The second-order valence-corrected chi connectivity index (χ2v) is 7.80. The second kappa shape index (κ2) is 7.17. The number of likely N-dealkylation sites (tertiary alicyclic amines) is 1. The summed E-state index contributed by atoms with van der Waals surface area (Å²) in [5.41, 5.74) is 1.08. The molecule has 0 spiro atoms. The number of nitrogens with zero attached hydrogens (tertiary/aromatic N) is 4. The van der Waals surface area contributed by atoms with Crippen LogP contribution in [0.5, 0.6) is 0 Å². The summed E-state index contributed by atoms with van der Waals surface area (Å²) in [7, 11) is 0. The molecule has 1 aromatic carbocycles. The third-order valence-electron chi connectivity index (χ3n) is 3.98. The second-order valence-electron chi connectivity index (χ2n) is 6.15. The van der Waals surface area contributed by atoms with E-state index in [9.17, 15) is 4.79 Å². The van der Waals surface area contributed by atoms with E-state index in [-0.39, 0.29) is 11.9 Å². The molecule has 23 heavy (non-hydrogen) atoms. The maximum absolute atomic E-state index is 12.5. The Morgan fingerprint density at radius 3 is 2.78 bits per heavy atom. The summed E-state index contributed by atoms with van der Waals surface area (Å²) in [6, 6.07) is 8.60. The highest BCUT2D eigenvalue weighted by Crippen LogP contribution is 2.24. The summed E-state index contributed by atoms with van der Waals surface area (Å²) in [5, 5.41) is 8.45. The Labute approximate surface area is 141 Å². The van der Waals surface area contributed by atoms with Crippen LogP contribution in [0.3, 0.4) is 0 Å². The smallest absolute Gasteiger partial charge is 0.227 e. The van der Waals surface area contributed by atoms with Crippen molar-refractivity contribution in [3.8, 4) is 0 Å². The largest absolute Gasteiger partial charge is 0.340 e. The highest BCUT2D eigenvalue weighted by molar-refractivity contribution is 7.99. The van der Waals surface area contributed by atoms with Gasteiger partial charge in [-0.2, -0.15) is 0 Å². The van der Waals surface area contributed by atoms with Crippen molar-refractivity contribution in [2.75, 3.05) is 13.1 Å². The van der Waals surface area contributed by atoms with Crippen molar-refractivity contribution in [3.05, 3.63) is 42.2 Å². The Bertz CT molecular complexity index is 639. The zero-order valence-electron chi connectivity index (χ0n) is 13.6. The maximum Gasteiger partial charge on any atom is 0.227 e. The number of rotatable bonds is 5. The van der Waals surface area contributed by atoms with Crippen LogP contribution >= 0.6 is 11.8 Å². The minimum atomic E-state index is 0.192. The molecule has 1 fully saturated rings. The molecular weight excluding hydrogens is 308 g/mol. The fraction of sp³-hybridized carbons (Fsp3) is 0.471. The van der Waals surface area contributed by atoms with Crippen molar-refractivity contribution in [2.45, 2.75) is 42.9 Å². The van der Waals surface area contributed by atoms with E-state index in [4.69, 9.17) is 0 Å². The van der Waals surface area contributed by atoms with Crippen molar-refractivity contribution < 1.29 is 4.79 Å². The molecule has 0 bridgehead atoms. The summed E-state index contributed by atoms with van der Waals surface area (Å²) in [5.74, 6) is 0.192. The molecule has 0 unspecified atom stereocenters. The van der Waals surface area contributed by atoms with Crippen molar-refractivity contribution >= 4 is 17.7 Å². The molecule has 1 aliphatic heterocycles. The number of aromatic nitrogens is 3. The van der Waals surface area contributed by atoms with E-state index in [1.54, 1.807) is 6.20 Å². The Kier molecular flexibility index (Phi) is 5.00. The number of thioether (sulfide) groups is 1. The highest BCUT2D eigenvalue weighted by Gasteiger charge is 2.27. The minimum Gasteiger partial charge on any atom is -0.340 e. The lowest BCUT2D eigenvalue weighted by molar-refractivity contribution is -0.129. The molecule has 2 heterocycles. The van der Waals surface area contributed by atoms with E-state index in [1.165, 1.54) is 4.90 Å². The average Bonchev–Trinajstić information content (AvgIpc) is 3.19. The third-order valence-corrected chi connectivity index (χ3v) is 5.00. The van der Waals surface area contributed by atoms with Gasteiger partial charge in [-0.3, -0.25) is 4.79 Å². The predicted octanol–water partition coefficient (Wildman–Crippen LogP) is 2.79. The number of carbonyl (C=O) groups excluding carboxylic acids is 1. The van der Waals surface area contributed by atoms with Crippen LogP contribution in [-0.2, 0) is 11.2 Å². The zero-order valence-corrected chi connectivity index (χ0v) is 14.4. The Morgan fingerprint density at radius 2 is 2.13 bits per heavy atom. The monoisotopic (exact) mass is 330 g/mol. The lowest BCUT2D eigenvalue weighted by atomic mass is 10.1. The molecule has 0 N–H and O–H groups in total. The summed E-state index contributed by atoms with van der Waals surface area (Å²) >= 11 is 1.84. The van der Waals surface area contributed by atoms with Crippen LogP contribution in [0.4, 0.5) is 0 Å². The molecular formula is C17H22N4OS. The molecule has 5 nitrogen and oxygen atoms in total. The van der Waals surface area contributed by atoms with Gasteiger partial charge < -0.3 is 4.90 Å². The first-order valence-corrected chi connectivity index (χ1v) is 8.89. The highest BCUT2D eigenvalue weighted by atomic mass is 32.2. The maximum atomic E-state index is 12.5. The van der Waals surface area contributed by atoms with Gasteiger partial charge in [-0.15, -0.1) is 16.9 Å². The van der Waals surface area contributed by atoms with Crippen molar-refractivity contribution in [1.82, 2.24) is 19.9 Å². The summed E-state index contributed by atoms with van der Waals surface area (Å²) in [4.78, 5) is 15.7. The molecule has 3 rings (SSSR count). The molecule has 1 saturated heterocycles. The first kappa shape index (κ1) is 16.1. The van der Waals surface area contributed by atoms with Crippen LogP contribution in [-0.4, -0.2) is 44.1 Å². The number of carbonyl (C=O) groups is 1. The van der Waals surface area contributed by atoms with Gasteiger partial charge in [0.15, 0.2) is 0 Å². The van der Waals surface area contributed by atoms with Crippen LogP contribution in [0.2, 0.25) is 0 Å². The SMILES string of the molecule is CC(C)Sc1ccc(CC(=O)N2CC[C@H](n3ccnn3)C2)cc1. The van der Waals surface area contributed by atoms with Gasteiger partial charge in [-0.25, -0.2) is 4.68 Å². The lowest BCUT2D eigenvalue weighted by Gasteiger charge is -2.16. The summed E-state index contributed by atoms with van der Waals surface area (Å²) in [6.45, 7) is 5.89. The van der Waals surface area contributed by atoms with Crippen molar-refractivity contribution in [2.24, 2.45) is 0 Å². The predicted molar refractivity (Wildman–Crippen MR) is 91.4 cm³/mol. The minimum absolute atomic E-state index is 0.192. The Balaban J connectivity index is 1.55. The van der Waals surface area contributed by atoms with Gasteiger partial charge in [-0.1, -0.05) is 31.2 Å². The zero-order chi connectivity index (χ0) is 16.2. The molecule has 1 aromatic heterocycles. The molecule has 0 aliphatic carbocycles. The molecule has 122 valence electrons. The fourth-order valence-corrected chi connectivity index (χ4v) is 3.68. The van der Waals surface area contributed by atoms with Gasteiger partial charge >= 0.3 is 0 Å². The van der Waals surface area contributed by atoms with E-state index < -0.39 is 0 Å². The number of hydrogen-bond acceptors (Lipinski definition) is 4. The Hall–Kier alpha value is -1.82. The normalized spacial score (nSPS) is 17.9. The number of benzene rings is 1. The standard InChI is InChI=1S/C17H22N4OS/c1-13(2)23-16-5-3-14(4-6-16)11-17(22)20-9-7-15(12-20)21-10-8-18-19-21/h3-6,8,10,13,15H,7,9,11-12H2,1-2H3/t15-/m0/s1. The molecule has 0 saturated carbocycles. The number of hydrogen-bond donors (Lipinski definition) is 0. The fourth-order valence-electron chi connectivity index (χ4n) is 2.84. The topological polar surface area (TPSA) is 51.0 Å². The van der Waals surface area contributed by atoms with Crippen LogP contribution < -0.4 is 0 Å².